The van der Waals surface area contributed by atoms with Crippen LogP contribution in [0.2, 0.25) is 0 Å². The molecule has 0 aliphatic carbocycles. The summed E-state index contributed by atoms with van der Waals surface area (Å²) < 4.78 is 0. The van der Waals surface area contributed by atoms with Gasteiger partial charge in [0.2, 0.25) is 0 Å². The number of nitrogens with one attached hydrogen (secondary N) is 2. The van der Waals surface area contributed by atoms with Crippen LogP contribution in [0, 0.1) is 0 Å². The highest BCUT2D eigenvalue weighted by Gasteiger charge is 2.08. The Morgan fingerprint density at radius 1 is 1.33 bits per heavy atom. The fourth-order valence-electron chi connectivity index (χ4n) is 1.42. The Morgan fingerprint density at radius 2 is 2.25 bits per heavy atom. The highest BCUT2D eigenvalue weighted by Crippen LogP contribution is 1.97. The fraction of sp³-hybridized carbons (Fsp3) is 0.800. The van der Waals surface area contributed by atoms with Crippen LogP contribution in [-0.2, 0) is 0 Å². The molecule has 70 valence electrons. The zero-order chi connectivity index (χ0) is 8.65. The molecule has 0 bridgehead atoms. The van der Waals surface area contributed by atoms with Gasteiger partial charge in [-0.15, -0.1) is 0 Å². The van der Waals surface area contributed by atoms with Crippen molar-refractivity contribution in [2.75, 3.05) is 19.6 Å². The van der Waals surface area contributed by atoms with Crippen LogP contribution >= 0.6 is 0 Å². The number of hydrogen-bond donors (Lipinski definition) is 2. The number of piperazine rings is 1. The molecule has 0 aromatic carbocycles. The molecule has 2 nitrogen and oxygen atoms in total. The molecule has 1 fully saturated rings. The van der Waals surface area contributed by atoms with Crippen LogP contribution < -0.4 is 10.6 Å². The average molecular weight is 168 g/mol. The molecular weight excluding hydrogens is 148 g/mol. The zero-order valence-electron chi connectivity index (χ0n) is 7.97. The molecule has 1 aliphatic heterocycles. The minimum Gasteiger partial charge on any atom is -0.314 e. The van der Waals surface area contributed by atoms with Crippen molar-refractivity contribution >= 4 is 0 Å². The summed E-state index contributed by atoms with van der Waals surface area (Å²) in [5.41, 5.74) is 0. The van der Waals surface area contributed by atoms with Crippen LogP contribution in [0.1, 0.15) is 26.2 Å². The summed E-state index contributed by atoms with van der Waals surface area (Å²) in [5.74, 6) is 0. The van der Waals surface area contributed by atoms with Crippen LogP contribution in [0.25, 0.3) is 0 Å². The van der Waals surface area contributed by atoms with E-state index >= 15 is 0 Å². The van der Waals surface area contributed by atoms with Crippen molar-refractivity contribution in [3.8, 4) is 0 Å². The number of unbranched alkanes of at least 4 members (excludes halogenated alkanes) is 1. The van der Waals surface area contributed by atoms with E-state index in [4.69, 9.17) is 0 Å². The van der Waals surface area contributed by atoms with Crippen molar-refractivity contribution < 1.29 is 0 Å². The Morgan fingerprint density at radius 3 is 2.92 bits per heavy atom. The van der Waals surface area contributed by atoms with Gasteiger partial charge in [-0.05, 0) is 12.8 Å². The van der Waals surface area contributed by atoms with Crippen molar-refractivity contribution in [1.29, 1.82) is 0 Å². The standard InChI is InChI=1S/C10H20N2/c1-2-3-4-5-6-10-9-11-7-8-12-10/h4-5,10-12H,2-3,6-9H2,1H3. The zero-order valence-corrected chi connectivity index (χ0v) is 7.97. The molecular formula is C10H20N2. The molecule has 0 spiro atoms. The average Bonchev–Trinajstić information content (AvgIpc) is 2.14. The van der Waals surface area contributed by atoms with Gasteiger partial charge in [0.1, 0.15) is 0 Å². The first-order valence-corrected chi connectivity index (χ1v) is 5.02. The molecule has 0 aromatic heterocycles. The first-order chi connectivity index (χ1) is 5.93. The summed E-state index contributed by atoms with van der Waals surface area (Å²) in [6, 6.07) is 0.659. The highest BCUT2D eigenvalue weighted by molar-refractivity contribution is 4.88. The molecule has 2 N–H and O–H groups in total. The Labute approximate surface area is 75.4 Å². The Kier molecular flexibility index (Phi) is 5.04. The van der Waals surface area contributed by atoms with E-state index in [1.54, 1.807) is 0 Å². The second-order valence-corrected chi connectivity index (χ2v) is 3.35. The maximum Gasteiger partial charge on any atom is 0.0227 e. The lowest BCUT2D eigenvalue weighted by Crippen LogP contribution is -2.47. The van der Waals surface area contributed by atoms with Gasteiger partial charge >= 0.3 is 0 Å². The van der Waals surface area contributed by atoms with Gasteiger partial charge in [-0.25, -0.2) is 0 Å². The van der Waals surface area contributed by atoms with Crippen LogP contribution in [0.15, 0.2) is 12.2 Å². The summed E-state index contributed by atoms with van der Waals surface area (Å²) in [7, 11) is 0. The minimum atomic E-state index is 0.659. The summed E-state index contributed by atoms with van der Waals surface area (Å²) in [6.45, 7) is 5.57. The van der Waals surface area contributed by atoms with E-state index in [-0.39, 0.29) is 0 Å². The number of hydrogen-bond acceptors (Lipinski definition) is 2. The van der Waals surface area contributed by atoms with Gasteiger partial charge in [0.25, 0.3) is 0 Å². The maximum absolute atomic E-state index is 3.48. The number of rotatable bonds is 4. The van der Waals surface area contributed by atoms with Gasteiger partial charge in [-0.2, -0.15) is 0 Å². The highest BCUT2D eigenvalue weighted by atomic mass is 15.0. The maximum atomic E-state index is 3.48. The third-order valence-electron chi connectivity index (χ3n) is 2.17. The Bertz CT molecular complexity index is 126. The van der Waals surface area contributed by atoms with Gasteiger partial charge in [0.15, 0.2) is 0 Å². The lowest BCUT2D eigenvalue weighted by molar-refractivity contribution is 0.421. The summed E-state index contributed by atoms with van der Waals surface area (Å²) >= 11 is 0. The SMILES string of the molecule is CCCC=CCC1CNCCN1. The molecule has 0 saturated carbocycles. The molecule has 1 rings (SSSR count). The summed E-state index contributed by atoms with van der Waals surface area (Å²) in [5, 5.41) is 6.86. The quantitative estimate of drug-likeness (QED) is 0.618. The Hall–Kier alpha value is -0.340. The third kappa shape index (κ3) is 3.88. The van der Waals surface area contributed by atoms with Crippen LogP contribution in [0.4, 0.5) is 0 Å². The normalized spacial score (nSPS) is 24.9. The van der Waals surface area contributed by atoms with E-state index in [1.165, 1.54) is 19.3 Å². The predicted molar refractivity (Wildman–Crippen MR) is 53.3 cm³/mol. The molecule has 2 heteroatoms. The van der Waals surface area contributed by atoms with E-state index in [0.29, 0.717) is 6.04 Å². The van der Waals surface area contributed by atoms with Gasteiger partial charge in [-0.1, -0.05) is 25.5 Å². The van der Waals surface area contributed by atoms with Crippen LogP contribution in [0.3, 0.4) is 0 Å². The van der Waals surface area contributed by atoms with Crippen molar-refractivity contribution in [2.24, 2.45) is 0 Å². The topological polar surface area (TPSA) is 24.1 Å². The van der Waals surface area contributed by atoms with Crippen molar-refractivity contribution in [1.82, 2.24) is 10.6 Å². The van der Waals surface area contributed by atoms with Gasteiger partial charge < -0.3 is 10.6 Å². The molecule has 1 heterocycles. The predicted octanol–water partition coefficient (Wildman–Crippen LogP) is 1.29. The monoisotopic (exact) mass is 168 g/mol. The molecule has 0 amide bonds. The second kappa shape index (κ2) is 6.21. The lowest BCUT2D eigenvalue weighted by Gasteiger charge is -2.23. The van der Waals surface area contributed by atoms with Crippen LogP contribution in [-0.4, -0.2) is 25.7 Å². The molecule has 12 heavy (non-hydrogen) atoms. The smallest absolute Gasteiger partial charge is 0.0227 e. The molecule has 1 unspecified atom stereocenters. The van der Waals surface area contributed by atoms with E-state index in [0.717, 1.165) is 19.6 Å². The summed E-state index contributed by atoms with van der Waals surface area (Å²) in [4.78, 5) is 0. The second-order valence-electron chi connectivity index (χ2n) is 3.35. The Balaban J connectivity index is 2.04. The fourth-order valence-corrected chi connectivity index (χ4v) is 1.42. The third-order valence-corrected chi connectivity index (χ3v) is 2.17. The van der Waals surface area contributed by atoms with Gasteiger partial charge in [0, 0.05) is 25.7 Å². The van der Waals surface area contributed by atoms with E-state index in [1.807, 2.05) is 0 Å². The van der Waals surface area contributed by atoms with Crippen molar-refractivity contribution in [3.05, 3.63) is 12.2 Å². The van der Waals surface area contributed by atoms with E-state index in [2.05, 4.69) is 29.7 Å². The first kappa shape index (κ1) is 9.75. The molecule has 1 aliphatic rings. The molecule has 1 saturated heterocycles. The van der Waals surface area contributed by atoms with Crippen molar-refractivity contribution in [2.45, 2.75) is 32.2 Å². The molecule has 0 aromatic rings. The van der Waals surface area contributed by atoms with E-state index < -0.39 is 0 Å². The number of allylic oxidation sites excluding steroid dienone is 1. The lowest BCUT2D eigenvalue weighted by atomic mass is 10.1. The first-order valence-electron chi connectivity index (χ1n) is 5.02. The van der Waals surface area contributed by atoms with Gasteiger partial charge in [0.05, 0.1) is 0 Å². The van der Waals surface area contributed by atoms with Crippen LogP contribution in [0.5, 0.6) is 0 Å². The largest absolute Gasteiger partial charge is 0.314 e. The van der Waals surface area contributed by atoms with Gasteiger partial charge in [-0.3, -0.25) is 0 Å². The summed E-state index contributed by atoms with van der Waals surface area (Å²) in [6.07, 6.45) is 8.24. The minimum absolute atomic E-state index is 0.659. The van der Waals surface area contributed by atoms with Crippen molar-refractivity contribution in [3.63, 3.8) is 0 Å². The van der Waals surface area contributed by atoms with E-state index in [9.17, 15) is 0 Å². The molecule has 1 atom stereocenters. The molecule has 0 radical (unpaired) electrons.